The zero-order valence-electron chi connectivity index (χ0n) is 9.43. The maximum Gasteiger partial charge on any atom is 0.104 e. The second-order valence-electron chi connectivity index (χ2n) is 4.06. The van der Waals surface area contributed by atoms with E-state index < -0.39 is 0 Å². The Labute approximate surface area is 101 Å². The molecule has 2 atom stereocenters. The normalized spacial score (nSPS) is 23.2. The van der Waals surface area contributed by atoms with Crippen LogP contribution in [0.4, 0.5) is 0 Å². The molecule has 0 bridgehead atoms. The molecule has 1 saturated heterocycles. The van der Waals surface area contributed by atoms with Crippen LogP contribution in [0.2, 0.25) is 0 Å². The summed E-state index contributed by atoms with van der Waals surface area (Å²) in [6.07, 6.45) is 3.84. The quantitative estimate of drug-likeness (QED) is 0.860. The minimum absolute atomic E-state index is 0.0329. The van der Waals surface area contributed by atoms with E-state index in [4.69, 9.17) is 15.2 Å². The molecule has 2 rings (SSSR count). The van der Waals surface area contributed by atoms with E-state index >= 15 is 0 Å². The van der Waals surface area contributed by atoms with Crippen molar-refractivity contribution in [3.8, 4) is 0 Å². The minimum Gasteiger partial charge on any atom is -0.376 e. The number of rotatable bonds is 5. The lowest BCUT2D eigenvalue weighted by Gasteiger charge is -2.24. The summed E-state index contributed by atoms with van der Waals surface area (Å²) >= 11 is 1.70. The molecule has 0 aromatic carbocycles. The fraction of sp³-hybridized carbons (Fsp3) is 0.667. The summed E-state index contributed by atoms with van der Waals surface area (Å²) in [6.45, 7) is 2.08. The Kier molecular flexibility index (Phi) is 4.78. The van der Waals surface area contributed by atoms with Gasteiger partial charge in [0, 0.05) is 18.0 Å². The van der Waals surface area contributed by atoms with Crippen molar-refractivity contribution in [3.05, 3.63) is 22.4 Å². The van der Waals surface area contributed by atoms with E-state index in [2.05, 4.69) is 11.4 Å². The van der Waals surface area contributed by atoms with Crippen molar-refractivity contribution in [3.63, 3.8) is 0 Å². The lowest BCUT2D eigenvalue weighted by Crippen LogP contribution is -2.27. The van der Waals surface area contributed by atoms with E-state index in [0.717, 1.165) is 13.0 Å². The molecule has 0 radical (unpaired) electrons. The van der Waals surface area contributed by atoms with Gasteiger partial charge in [-0.1, -0.05) is 6.07 Å². The highest BCUT2D eigenvalue weighted by atomic mass is 32.1. The average molecular weight is 241 g/mol. The number of thiophene rings is 1. The van der Waals surface area contributed by atoms with Crippen molar-refractivity contribution in [1.82, 2.24) is 0 Å². The van der Waals surface area contributed by atoms with Gasteiger partial charge in [-0.15, -0.1) is 11.3 Å². The molecule has 0 amide bonds. The van der Waals surface area contributed by atoms with Gasteiger partial charge in [-0.25, -0.2) is 0 Å². The fourth-order valence-corrected chi connectivity index (χ4v) is 2.69. The maximum atomic E-state index is 5.84. The molecule has 90 valence electrons. The van der Waals surface area contributed by atoms with Gasteiger partial charge in [-0.3, -0.25) is 0 Å². The summed E-state index contributed by atoms with van der Waals surface area (Å²) in [5, 5.41) is 2.05. The van der Waals surface area contributed by atoms with Crippen LogP contribution in [-0.2, 0) is 9.47 Å². The van der Waals surface area contributed by atoms with Gasteiger partial charge in [-0.2, -0.15) is 0 Å². The Morgan fingerprint density at radius 2 is 2.50 bits per heavy atom. The van der Waals surface area contributed by atoms with Crippen LogP contribution in [0, 0.1) is 0 Å². The molecule has 1 aliphatic rings. The second-order valence-corrected chi connectivity index (χ2v) is 5.04. The van der Waals surface area contributed by atoms with Gasteiger partial charge >= 0.3 is 0 Å². The predicted molar refractivity (Wildman–Crippen MR) is 65.7 cm³/mol. The molecule has 1 aromatic rings. The third kappa shape index (κ3) is 3.28. The molecule has 3 nitrogen and oxygen atoms in total. The first-order valence-corrected chi connectivity index (χ1v) is 6.75. The first-order chi connectivity index (χ1) is 7.90. The van der Waals surface area contributed by atoms with Crippen molar-refractivity contribution in [1.29, 1.82) is 0 Å². The third-order valence-corrected chi connectivity index (χ3v) is 3.80. The zero-order valence-corrected chi connectivity index (χ0v) is 10.2. The number of hydrogen-bond acceptors (Lipinski definition) is 4. The lowest BCUT2D eigenvalue weighted by molar-refractivity contribution is -0.0610. The Bertz CT molecular complexity index is 283. The summed E-state index contributed by atoms with van der Waals surface area (Å²) < 4.78 is 11.5. The smallest absolute Gasteiger partial charge is 0.104 e. The first kappa shape index (κ1) is 12.0. The predicted octanol–water partition coefficient (Wildman–Crippen LogP) is 2.33. The Morgan fingerprint density at radius 3 is 3.12 bits per heavy atom. The van der Waals surface area contributed by atoms with Crippen LogP contribution in [0.15, 0.2) is 17.5 Å². The summed E-state index contributed by atoms with van der Waals surface area (Å²) in [6, 6.07) is 4.10. The lowest BCUT2D eigenvalue weighted by atomic mass is 10.1. The molecule has 1 aromatic heterocycles. The van der Waals surface area contributed by atoms with Crippen molar-refractivity contribution in [2.45, 2.75) is 31.5 Å². The monoisotopic (exact) mass is 241 g/mol. The van der Waals surface area contributed by atoms with Crippen molar-refractivity contribution in [2.24, 2.45) is 5.73 Å². The Hall–Kier alpha value is -0.420. The second kappa shape index (κ2) is 6.35. The summed E-state index contributed by atoms with van der Waals surface area (Å²) in [4.78, 5) is 1.21. The topological polar surface area (TPSA) is 44.5 Å². The largest absolute Gasteiger partial charge is 0.376 e. The van der Waals surface area contributed by atoms with Crippen LogP contribution in [0.25, 0.3) is 0 Å². The molecule has 1 fully saturated rings. The molecular formula is C12H19NO2S. The number of nitrogens with two attached hydrogens (primary N) is 1. The zero-order chi connectivity index (χ0) is 11.2. The van der Waals surface area contributed by atoms with E-state index in [1.54, 1.807) is 11.3 Å². The molecule has 4 heteroatoms. The van der Waals surface area contributed by atoms with E-state index in [0.29, 0.717) is 13.2 Å². The molecular weight excluding hydrogens is 222 g/mol. The molecule has 16 heavy (non-hydrogen) atoms. The van der Waals surface area contributed by atoms with Gasteiger partial charge in [0.2, 0.25) is 0 Å². The van der Waals surface area contributed by atoms with Crippen LogP contribution in [0.5, 0.6) is 0 Å². The van der Waals surface area contributed by atoms with Gasteiger partial charge < -0.3 is 15.2 Å². The molecule has 0 saturated carbocycles. The van der Waals surface area contributed by atoms with Crippen LogP contribution in [0.3, 0.4) is 0 Å². The molecule has 2 unspecified atom stereocenters. The Morgan fingerprint density at radius 1 is 1.56 bits per heavy atom. The van der Waals surface area contributed by atoms with Crippen LogP contribution >= 0.6 is 11.3 Å². The van der Waals surface area contributed by atoms with Crippen molar-refractivity contribution >= 4 is 11.3 Å². The summed E-state index contributed by atoms with van der Waals surface area (Å²) in [5.41, 5.74) is 5.72. The van der Waals surface area contributed by atoms with E-state index in [1.165, 1.54) is 17.7 Å². The van der Waals surface area contributed by atoms with Gasteiger partial charge in [0.25, 0.3) is 0 Å². The summed E-state index contributed by atoms with van der Waals surface area (Å²) in [7, 11) is 0. The standard InChI is InChI=1S/C12H19NO2S/c13-8-11(12-5-3-7-16-12)15-9-10-4-1-2-6-14-10/h3,5,7,10-11H,1-2,4,6,8-9,13H2. The molecule has 2 heterocycles. The van der Waals surface area contributed by atoms with E-state index in [1.807, 2.05) is 6.07 Å². The first-order valence-electron chi connectivity index (χ1n) is 5.87. The number of hydrogen-bond donors (Lipinski definition) is 1. The third-order valence-electron chi connectivity index (χ3n) is 2.83. The highest BCUT2D eigenvalue weighted by molar-refractivity contribution is 7.10. The van der Waals surface area contributed by atoms with Crippen molar-refractivity contribution in [2.75, 3.05) is 19.8 Å². The van der Waals surface area contributed by atoms with Crippen LogP contribution in [-0.4, -0.2) is 25.9 Å². The van der Waals surface area contributed by atoms with E-state index in [9.17, 15) is 0 Å². The van der Waals surface area contributed by atoms with Gasteiger partial charge in [0.05, 0.1) is 12.7 Å². The molecule has 0 aliphatic carbocycles. The Balaban J connectivity index is 1.78. The minimum atomic E-state index is 0.0329. The van der Waals surface area contributed by atoms with Crippen molar-refractivity contribution < 1.29 is 9.47 Å². The molecule has 1 aliphatic heterocycles. The average Bonchev–Trinajstić information content (AvgIpc) is 2.85. The van der Waals surface area contributed by atoms with Crippen LogP contribution < -0.4 is 5.73 Å². The highest BCUT2D eigenvalue weighted by Gasteiger charge is 2.17. The molecule has 2 N–H and O–H groups in total. The van der Waals surface area contributed by atoms with Gasteiger partial charge in [-0.05, 0) is 30.7 Å². The van der Waals surface area contributed by atoms with Gasteiger partial charge in [0.1, 0.15) is 6.10 Å². The highest BCUT2D eigenvalue weighted by Crippen LogP contribution is 2.23. The molecule has 0 spiro atoms. The van der Waals surface area contributed by atoms with E-state index in [-0.39, 0.29) is 12.2 Å². The van der Waals surface area contributed by atoms with Crippen LogP contribution in [0.1, 0.15) is 30.2 Å². The maximum absolute atomic E-state index is 5.84. The van der Waals surface area contributed by atoms with Gasteiger partial charge in [0.15, 0.2) is 0 Å². The number of ether oxygens (including phenoxy) is 2. The summed E-state index contributed by atoms with van der Waals surface area (Å²) in [5.74, 6) is 0. The SMILES string of the molecule is NCC(OCC1CCCCO1)c1cccs1. The fourth-order valence-electron chi connectivity index (χ4n) is 1.90.